The number of halogens is 6. The molecule has 1 fully saturated rings. The van der Waals surface area contributed by atoms with Gasteiger partial charge in [-0.05, 0) is 73.1 Å². The molecular weight excluding hydrogens is 548 g/mol. The molecule has 1 amide bonds. The lowest BCUT2D eigenvalue weighted by molar-refractivity contribution is -0.207. The van der Waals surface area contributed by atoms with Crippen LogP contribution in [0, 0.1) is 5.92 Å². The zero-order valence-corrected chi connectivity index (χ0v) is 21.3. The first kappa shape index (κ1) is 27.4. The van der Waals surface area contributed by atoms with E-state index in [0.29, 0.717) is 10.8 Å². The first-order valence-electron chi connectivity index (χ1n) is 12.5. The van der Waals surface area contributed by atoms with Gasteiger partial charge in [0.2, 0.25) is 5.82 Å². The fourth-order valence-corrected chi connectivity index (χ4v) is 6.15. The molecule has 3 heterocycles. The fraction of sp³-hybridized carbons (Fsp3) is 0.520. The molecular formula is C25H25F6N5O2S. The number of hydrogen-bond acceptors (Lipinski definition) is 6. The fourth-order valence-electron chi connectivity index (χ4n) is 4.93. The van der Waals surface area contributed by atoms with Gasteiger partial charge in [0.1, 0.15) is 11.3 Å². The third-order valence-electron chi connectivity index (χ3n) is 7.12. The van der Waals surface area contributed by atoms with Crippen LogP contribution in [0.25, 0.3) is 11.1 Å². The third kappa shape index (κ3) is 5.89. The number of thiophene rings is 1. The van der Waals surface area contributed by atoms with Crippen molar-refractivity contribution < 1.29 is 35.9 Å². The maximum absolute atomic E-state index is 14.9. The molecule has 0 bridgehead atoms. The number of ether oxygens (including phenoxy) is 1. The number of alkyl halides is 6. The van der Waals surface area contributed by atoms with Gasteiger partial charge in [0.05, 0.1) is 12.2 Å². The number of H-pyrrole nitrogens is 1. The molecule has 2 aliphatic carbocycles. The first-order chi connectivity index (χ1) is 18.5. The lowest BCUT2D eigenvalue weighted by atomic mass is 9.71. The highest BCUT2D eigenvalue weighted by atomic mass is 32.1. The van der Waals surface area contributed by atoms with Crippen LogP contribution in [-0.2, 0) is 9.53 Å². The van der Waals surface area contributed by atoms with Gasteiger partial charge in [-0.3, -0.25) is 4.79 Å². The summed E-state index contributed by atoms with van der Waals surface area (Å²) in [6.45, 7) is 0.0146. The molecule has 3 aliphatic rings. The summed E-state index contributed by atoms with van der Waals surface area (Å²) in [4.78, 5) is 15.0. The molecule has 1 unspecified atom stereocenters. The van der Waals surface area contributed by atoms with E-state index in [1.54, 1.807) is 6.07 Å². The van der Waals surface area contributed by atoms with Crippen LogP contribution in [0.5, 0.6) is 0 Å². The average Bonchev–Trinajstić information content (AvgIpc) is 3.35. The van der Waals surface area contributed by atoms with Gasteiger partial charge >= 0.3 is 12.4 Å². The summed E-state index contributed by atoms with van der Waals surface area (Å²) in [7, 11) is 0. The maximum atomic E-state index is 14.9. The minimum Gasteiger partial charge on any atom is -0.494 e. The van der Waals surface area contributed by atoms with Crippen LogP contribution in [0.15, 0.2) is 36.1 Å². The average molecular weight is 574 g/mol. The van der Waals surface area contributed by atoms with E-state index in [1.165, 1.54) is 29.6 Å². The number of allylic oxidation sites excluding steroid dienone is 2. The number of carbonyl (C=O) groups excluding carboxylic acids is 1. The Labute approximate surface area is 223 Å². The number of aromatic amines is 1. The Morgan fingerprint density at radius 3 is 2.54 bits per heavy atom. The van der Waals surface area contributed by atoms with Crippen molar-refractivity contribution in [3.8, 4) is 0 Å². The Morgan fingerprint density at radius 2 is 1.92 bits per heavy atom. The maximum Gasteiger partial charge on any atom is 0.412 e. The van der Waals surface area contributed by atoms with Crippen molar-refractivity contribution in [2.45, 2.75) is 68.8 Å². The summed E-state index contributed by atoms with van der Waals surface area (Å²) in [6, 6.07) is 3.64. The zero-order valence-electron chi connectivity index (χ0n) is 20.5. The second-order valence-electron chi connectivity index (χ2n) is 9.89. The smallest absolute Gasteiger partial charge is 0.412 e. The Morgan fingerprint density at radius 1 is 1.13 bits per heavy atom. The van der Waals surface area contributed by atoms with E-state index >= 15 is 0 Å². The molecule has 5 rings (SSSR count). The summed E-state index contributed by atoms with van der Waals surface area (Å²) >= 11 is 1.37. The van der Waals surface area contributed by atoms with Gasteiger partial charge < -0.3 is 10.1 Å². The van der Waals surface area contributed by atoms with E-state index in [2.05, 4.69) is 25.9 Å². The largest absolute Gasteiger partial charge is 0.494 e. The van der Waals surface area contributed by atoms with Gasteiger partial charge in [0, 0.05) is 28.5 Å². The summed E-state index contributed by atoms with van der Waals surface area (Å²) in [6.07, 6.45) is -4.29. The summed E-state index contributed by atoms with van der Waals surface area (Å²) < 4.78 is 87.0. The van der Waals surface area contributed by atoms with E-state index in [4.69, 9.17) is 4.74 Å². The van der Waals surface area contributed by atoms with E-state index in [1.807, 2.05) is 6.07 Å². The molecule has 39 heavy (non-hydrogen) atoms. The SMILES string of the molecule is O=C1N[C@@](C2C=CC(OCCCCC(F)(F)F)=CC2)(C(F)(F)F)CC(c2ccc(C3CC3)s2)=C1c1nn[nH]n1. The monoisotopic (exact) mass is 573 g/mol. The van der Waals surface area contributed by atoms with E-state index in [9.17, 15) is 31.1 Å². The lowest BCUT2D eigenvalue weighted by Gasteiger charge is -2.45. The molecule has 2 atom stereocenters. The summed E-state index contributed by atoms with van der Waals surface area (Å²) in [5.74, 6) is -1.50. The first-order valence-corrected chi connectivity index (χ1v) is 13.3. The second kappa shape index (κ2) is 10.4. The van der Waals surface area contributed by atoms with E-state index in [0.717, 1.165) is 17.7 Å². The number of aromatic nitrogens is 4. The lowest BCUT2D eigenvalue weighted by Crippen LogP contribution is -2.65. The Hall–Kier alpha value is -3.16. The van der Waals surface area contributed by atoms with Gasteiger partial charge in [0.15, 0.2) is 0 Å². The minimum absolute atomic E-state index is 0.0146. The summed E-state index contributed by atoms with van der Waals surface area (Å²) in [5, 5.41) is 15.7. The van der Waals surface area contributed by atoms with E-state index in [-0.39, 0.29) is 48.6 Å². The topological polar surface area (TPSA) is 92.8 Å². The molecule has 210 valence electrons. The van der Waals surface area contributed by atoms with Crippen molar-refractivity contribution >= 4 is 28.4 Å². The van der Waals surface area contributed by atoms with Gasteiger partial charge in [-0.25, -0.2) is 0 Å². The number of nitrogens with one attached hydrogen (secondary N) is 2. The normalized spacial score (nSPS) is 24.1. The molecule has 1 aliphatic heterocycles. The summed E-state index contributed by atoms with van der Waals surface area (Å²) in [5.41, 5.74) is -2.45. The van der Waals surface area contributed by atoms with Crippen LogP contribution in [0.4, 0.5) is 26.3 Å². The van der Waals surface area contributed by atoms with Crippen molar-refractivity contribution in [2.75, 3.05) is 6.61 Å². The third-order valence-corrected chi connectivity index (χ3v) is 8.43. The molecule has 7 nitrogen and oxygen atoms in total. The predicted octanol–water partition coefficient (Wildman–Crippen LogP) is 6.08. The number of unbranched alkanes of at least 4 members (excludes halogenated alkanes) is 1. The quantitative estimate of drug-likeness (QED) is 0.280. The van der Waals surface area contributed by atoms with Crippen molar-refractivity contribution in [1.29, 1.82) is 0 Å². The van der Waals surface area contributed by atoms with Crippen LogP contribution in [0.1, 0.15) is 66.4 Å². The Kier molecular flexibility index (Phi) is 7.33. The highest BCUT2D eigenvalue weighted by Gasteiger charge is 2.62. The number of amides is 1. The molecule has 2 aromatic heterocycles. The highest BCUT2D eigenvalue weighted by molar-refractivity contribution is 7.13. The van der Waals surface area contributed by atoms with Crippen LogP contribution in [0.3, 0.4) is 0 Å². The molecule has 0 radical (unpaired) electrons. The van der Waals surface area contributed by atoms with Crippen molar-refractivity contribution in [3.05, 3.63) is 51.7 Å². The van der Waals surface area contributed by atoms with Gasteiger partial charge in [0.25, 0.3) is 5.91 Å². The number of nitrogens with zero attached hydrogens (tertiary/aromatic N) is 3. The molecule has 0 spiro atoms. The van der Waals surface area contributed by atoms with Gasteiger partial charge in [-0.2, -0.15) is 31.6 Å². The zero-order chi connectivity index (χ0) is 27.8. The number of carbonyl (C=O) groups is 1. The molecule has 0 aromatic carbocycles. The Bertz CT molecular complexity index is 1290. The molecule has 2 N–H and O–H groups in total. The Balaban J connectivity index is 1.39. The van der Waals surface area contributed by atoms with Gasteiger partial charge in [-0.1, -0.05) is 6.08 Å². The predicted molar refractivity (Wildman–Crippen MR) is 130 cm³/mol. The molecule has 14 heteroatoms. The highest BCUT2D eigenvalue weighted by Crippen LogP contribution is 2.52. The van der Waals surface area contributed by atoms with Crippen LogP contribution in [-0.4, -0.2) is 51.0 Å². The second-order valence-corrected chi connectivity index (χ2v) is 11.0. The minimum atomic E-state index is -4.81. The number of hydrogen-bond donors (Lipinski definition) is 2. The molecule has 2 aromatic rings. The van der Waals surface area contributed by atoms with E-state index < -0.39 is 42.6 Å². The van der Waals surface area contributed by atoms with Crippen LogP contribution >= 0.6 is 11.3 Å². The number of tetrazole rings is 1. The number of rotatable bonds is 9. The van der Waals surface area contributed by atoms with Crippen molar-refractivity contribution in [1.82, 2.24) is 25.9 Å². The van der Waals surface area contributed by atoms with Crippen LogP contribution in [0.2, 0.25) is 0 Å². The molecule has 0 saturated heterocycles. The standard InChI is InChI=1S/C25H25F6N5O2S/c26-24(27,28)11-1-2-12-38-16-7-5-15(6-8-16)23(25(29,30)31)13-17(19-10-9-18(39-19)14-3-4-14)20(22(37)32-23)21-33-35-36-34-21/h5,7-10,14-15H,1-4,6,11-13H2,(H,32,37)(H,33,34,35,36)/t15?,23-/m0/s1. The van der Waals surface area contributed by atoms with Crippen molar-refractivity contribution in [3.63, 3.8) is 0 Å². The van der Waals surface area contributed by atoms with Crippen molar-refractivity contribution in [2.24, 2.45) is 5.92 Å². The molecule has 1 saturated carbocycles. The van der Waals surface area contributed by atoms with Crippen LogP contribution < -0.4 is 5.32 Å². The van der Waals surface area contributed by atoms with Gasteiger partial charge in [-0.15, -0.1) is 21.5 Å².